The van der Waals surface area contributed by atoms with Gasteiger partial charge in [-0.2, -0.15) is 0 Å². The van der Waals surface area contributed by atoms with Gasteiger partial charge >= 0.3 is 0 Å². The molecule has 8 aromatic carbocycles. The van der Waals surface area contributed by atoms with Gasteiger partial charge in [-0.1, -0.05) is 164 Å². The maximum Gasteiger partial charge on any atom is 0.164 e. The van der Waals surface area contributed by atoms with Gasteiger partial charge < -0.3 is 4.42 Å². The molecule has 0 atom stereocenters. The van der Waals surface area contributed by atoms with Crippen molar-refractivity contribution in [3.8, 4) is 67.5 Å². The molecule has 2 aliphatic carbocycles. The molecule has 4 heteroatoms. The van der Waals surface area contributed by atoms with Gasteiger partial charge in [0.2, 0.25) is 0 Å². The van der Waals surface area contributed by atoms with Crippen molar-refractivity contribution >= 4 is 21.9 Å². The van der Waals surface area contributed by atoms with Crippen molar-refractivity contribution < 1.29 is 4.42 Å². The fourth-order valence-corrected chi connectivity index (χ4v) is 9.40. The first kappa shape index (κ1) is 31.0. The molecule has 0 unspecified atom stereocenters. The van der Waals surface area contributed by atoms with Gasteiger partial charge in [0.1, 0.15) is 11.2 Å². The highest BCUT2D eigenvalue weighted by molar-refractivity contribution is 6.06. The van der Waals surface area contributed by atoms with E-state index in [-0.39, 0.29) is 5.41 Å². The Morgan fingerprint density at radius 1 is 0.321 bits per heavy atom. The monoisotopic (exact) mass is 713 g/mol. The number of benzene rings is 8. The molecule has 0 N–H and O–H groups in total. The topological polar surface area (TPSA) is 51.8 Å². The van der Waals surface area contributed by atoms with E-state index in [1.807, 2.05) is 60.7 Å². The highest BCUT2D eigenvalue weighted by Crippen LogP contribution is 2.63. The van der Waals surface area contributed by atoms with Crippen LogP contribution in [0.2, 0.25) is 0 Å². The third kappa shape index (κ3) is 4.32. The van der Waals surface area contributed by atoms with Crippen LogP contribution in [0.4, 0.5) is 0 Å². The summed E-state index contributed by atoms with van der Waals surface area (Å²) in [6, 6.07) is 66.8. The number of fused-ring (bicyclic) bond motifs is 13. The van der Waals surface area contributed by atoms with Crippen molar-refractivity contribution in [3.05, 3.63) is 210 Å². The Hall–Kier alpha value is -7.43. The fourth-order valence-electron chi connectivity index (χ4n) is 9.40. The molecule has 56 heavy (non-hydrogen) atoms. The summed E-state index contributed by atoms with van der Waals surface area (Å²) in [6.07, 6.45) is 0. The molecular weight excluding hydrogens is 683 g/mol. The first-order valence-electron chi connectivity index (χ1n) is 19.0. The van der Waals surface area contributed by atoms with E-state index in [9.17, 15) is 0 Å². The number of para-hydroxylation sites is 1. The average molecular weight is 714 g/mol. The fraction of sp³-hybridized carbons (Fsp3) is 0.0192. The van der Waals surface area contributed by atoms with Crippen LogP contribution in [0.25, 0.3) is 89.5 Å². The van der Waals surface area contributed by atoms with Crippen molar-refractivity contribution in [2.24, 2.45) is 0 Å². The minimum Gasteiger partial charge on any atom is -0.456 e. The second-order valence-electron chi connectivity index (χ2n) is 14.7. The predicted molar refractivity (Wildman–Crippen MR) is 225 cm³/mol. The molecule has 0 amide bonds. The van der Waals surface area contributed by atoms with Crippen molar-refractivity contribution in [2.75, 3.05) is 0 Å². The molecule has 2 aliphatic rings. The van der Waals surface area contributed by atoms with Crippen molar-refractivity contribution in [1.82, 2.24) is 15.0 Å². The van der Waals surface area contributed by atoms with Crippen LogP contribution < -0.4 is 0 Å². The van der Waals surface area contributed by atoms with Crippen molar-refractivity contribution in [3.63, 3.8) is 0 Å². The van der Waals surface area contributed by atoms with Gasteiger partial charge in [-0.15, -0.1) is 0 Å². The van der Waals surface area contributed by atoms with Crippen LogP contribution in [0.15, 0.2) is 192 Å². The van der Waals surface area contributed by atoms with Crippen molar-refractivity contribution in [2.45, 2.75) is 5.41 Å². The smallest absolute Gasteiger partial charge is 0.164 e. The second-order valence-corrected chi connectivity index (χ2v) is 14.7. The molecule has 0 saturated heterocycles. The quantitative estimate of drug-likeness (QED) is 0.182. The lowest BCUT2D eigenvalue weighted by Crippen LogP contribution is -2.25. The molecule has 260 valence electrons. The molecule has 4 nitrogen and oxygen atoms in total. The summed E-state index contributed by atoms with van der Waals surface area (Å²) in [5.74, 6) is 1.87. The van der Waals surface area contributed by atoms with E-state index in [0.29, 0.717) is 17.5 Å². The lowest BCUT2D eigenvalue weighted by Gasteiger charge is -2.30. The summed E-state index contributed by atoms with van der Waals surface area (Å²) in [6.45, 7) is 0. The minimum atomic E-state index is -0.379. The van der Waals surface area contributed by atoms with E-state index in [2.05, 4.69) is 127 Å². The van der Waals surface area contributed by atoms with Gasteiger partial charge in [-0.05, 0) is 79.9 Å². The molecule has 0 fully saturated rings. The zero-order valence-electron chi connectivity index (χ0n) is 30.1. The molecule has 12 rings (SSSR count). The summed E-state index contributed by atoms with van der Waals surface area (Å²) in [4.78, 5) is 15.2. The van der Waals surface area contributed by atoms with Gasteiger partial charge in [0.15, 0.2) is 17.5 Å². The minimum absolute atomic E-state index is 0.379. The second kappa shape index (κ2) is 11.8. The summed E-state index contributed by atoms with van der Waals surface area (Å²) in [5, 5.41) is 2.11. The Labute approximate surface area is 323 Å². The molecule has 2 heterocycles. The van der Waals surface area contributed by atoms with E-state index >= 15 is 0 Å². The molecule has 0 aliphatic heterocycles. The summed E-state index contributed by atoms with van der Waals surface area (Å²) >= 11 is 0. The van der Waals surface area contributed by atoms with E-state index in [0.717, 1.165) is 44.2 Å². The molecule has 0 saturated carbocycles. The maximum absolute atomic E-state index is 6.13. The Morgan fingerprint density at radius 3 is 1.52 bits per heavy atom. The van der Waals surface area contributed by atoms with Crippen LogP contribution in [0.5, 0.6) is 0 Å². The summed E-state index contributed by atoms with van der Waals surface area (Å²) in [5.41, 5.74) is 17.0. The molecule has 1 spiro atoms. The number of nitrogens with zero attached hydrogens (tertiary/aromatic N) is 3. The third-order valence-electron chi connectivity index (χ3n) is 11.8. The highest BCUT2D eigenvalue weighted by atomic mass is 16.3. The normalized spacial score (nSPS) is 13.1. The third-order valence-corrected chi connectivity index (χ3v) is 11.8. The number of hydrogen-bond acceptors (Lipinski definition) is 4. The van der Waals surface area contributed by atoms with E-state index in [1.165, 1.54) is 50.1 Å². The largest absolute Gasteiger partial charge is 0.456 e. The van der Waals surface area contributed by atoms with Gasteiger partial charge in [0, 0.05) is 27.5 Å². The average Bonchev–Trinajstić information content (AvgIpc) is 3.90. The zero-order chi connectivity index (χ0) is 36.8. The summed E-state index contributed by atoms with van der Waals surface area (Å²) < 4.78 is 6.13. The lowest BCUT2D eigenvalue weighted by molar-refractivity contribution is 0.669. The van der Waals surface area contributed by atoms with E-state index in [1.54, 1.807) is 0 Å². The van der Waals surface area contributed by atoms with Crippen LogP contribution in [0.3, 0.4) is 0 Å². The first-order valence-corrected chi connectivity index (χ1v) is 19.0. The number of aromatic nitrogens is 3. The highest BCUT2D eigenvalue weighted by Gasteiger charge is 2.51. The number of rotatable bonds is 4. The molecule has 2 aromatic heterocycles. The molecule has 0 radical (unpaired) electrons. The maximum atomic E-state index is 6.13. The van der Waals surface area contributed by atoms with Gasteiger partial charge in [-0.25, -0.2) is 15.0 Å². The van der Waals surface area contributed by atoms with E-state index in [4.69, 9.17) is 19.4 Å². The van der Waals surface area contributed by atoms with Crippen LogP contribution in [-0.2, 0) is 5.41 Å². The van der Waals surface area contributed by atoms with Crippen LogP contribution >= 0.6 is 0 Å². The summed E-state index contributed by atoms with van der Waals surface area (Å²) in [7, 11) is 0. The first-order chi connectivity index (χ1) is 27.8. The zero-order valence-corrected chi connectivity index (χ0v) is 30.1. The van der Waals surface area contributed by atoms with E-state index < -0.39 is 0 Å². The Bertz CT molecular complexity index is 3150. The Kier molecular flexibility index (Phi) is 6.52. The Morgan fingerprint density at radius 2 is 0.804 bits per heavy atom. The van der Waals surface area contributed by atoms with Crippen molar-refractivity contribution in [1.29, 1.82) is 0 Å². The predicted octanol–water partition coefficient (Wildman–Crippen LogP) is 12.8. The standard InChI is InChI=1S/C52H31N3O/c1-2-13-33(14-3-1)49-53-50(55-51(54-49)35-29-30-47-41(31-35)39-17-7-11-24-46(39)56-47)34-27-25-32(26-28-34)36-19-12-23-45-48(36)40-18-6-10-22-44(40)52(45)42-20-8-4-15-37(42)38-16-5-9-21-43(38)52/h1-31H. The Balaban J connectivity index is 1.00. The van der Waals surface area contributed by atoms with Gasteiger partial charge in [-0.3, -0.25) is 0 Å². The van der Waals surface area contributed by atoms with Crippen LogP contribution in [-0.4, -0.2) is 15.0 Å². The lowest BCUT2D eigenvalue weighted by atomic mass is 9.70. The van der Waals surface area contributed by atoms with Crippen LogP contribution in [0.1, 0.15) is 22.3 Å². The van der Waals surface area contributed by atoms with Crippen LogP contribution in [0, 0.1) is 0 Å². The van der Waals surface area contributed by atoms with Gasteiger partial charge in [0.05, 0.1) is 5.41 Å². The number of hydrogen-bond donors (Lipinski definition) is 0. The number of furan rings is 1. The molecular formula is C52H31N3O. The SMILES string of the molecule is c1ccc(-c2nc(-c3ccc(-c4cccc5c4-c4ccccc4C54c5ccccc5-c5ccccc54)cc3)nc(-c3ccc4oc5ccccc5c4c3)n2)cc1. The molecule has 10 aromatic rings. The van der Waals surface area contributed by atoms with Gasteiger partial charge in [0.25, 0.3) is 0 Å². The molecule has 0 bridgehead atoms.